The van der Waals surface area contributed by atoms with Gasteiger partial charge in [0, 0.05) is 18.7 Å². The summed E-state index contributed by atoms with van der Waals surface area (Å²) in [6.45, 7) is 0.682. The number of aromatic carboxylic acids is 1. The van der Waals surface area contributed by atoms with Crippen LogP contribution in [-0.4, -0.2) is 23.5 Å². The molecule has 0 aliphatic carbocycles. The lowest BCUT2D eigenvalue weighted by atomic mass is 10.2. The van der Waals surface area contributed by atoms with Gasteiger partial charge in [-0.1, -0.05) is 12.5 Å². The molecular formula is C13H15NO3. The zero-order valence-corrected chi connectivity index (χ0v) is 9.56. The number of carbonyl (C=O) groups is 2. The average molecular weight is 233 g/mol. The van der Waals surface area contributed by atoms with Crippen molar-refractivity contribution in [2.24, 2.45) is 0 Å². The van der Waals surface area contributed by atoms with Gasteiger partial charge < -0.3 is 10.0 Å². The van der Waals surface area contributed by atoms with Crippen molar-refractivity contribution >= 4 is 17.6 Å². The first-order valence-electron chi connectivity index (χ1n) is 5.82. The van der Waals surface area contributed by atoms with Gasteiger partial charge in [-0.25, -0.2) is 4.79 Å². The summed E-state index contributed by atoms with van der Waals surface area (Å²) < 4.78 is 0. The molecule has 1 N–H and O–H groups in total. The number of carboxylic acid groups (broad SMARTS) is 1. The lowest BCUT2D eigenvalue weighted by molar-refractivity contribution is -0.118. The van der Waals surface area contributed by atoms with E-state index in [0.717, 1.165) is 19.3 Å². The van der Waals surface area contributed by atoms with Crippen molar-refractivity contribution in [2.75, 3.05) is 11.4 Å². The topological polar surface area (TPSA) is 57.6 Å². The molecule has 4 heteroatoms. The van der Waals surface area contributed by atoms with Crippen LogP contribution in [0.2, 0.25) is 0 Å². The van der Waals surface area contributed by atoms with Crippen molar-refractivity contribution < 1.29 is 14.7 Å². The van der Waals surface area contributed by atoms with Crippen LogP contribution in [-0.2, 0) is 4.79 Å². The summed E-state index contributed by atoms with van der Waals surface area (Å²) in [7, 11) is 0. The number of hydrogen-bond donors (Lipinski definition) is 1. The van der Waals surface area contributed by atoms with E-state index in [-0.39, 0.29) is 11.5 Å². The predicted molar refractivity (Wildman–Crippen MR) is 64.2 cm³/mol. The van der Waals surface area contributed by atoms with E-state index in [4.69, 9.17) is 5.11 Å². The van der Waals surface area contributed by atoms with Crippen LogP contribution < -0.4 is 4.90 Å². The van der Waals surface area contributed by atoms with Crippen LogP contribution in [0.5, 0.6) is 0 Å². The number of hydrogen-bond acceptors (Lipinski definition) is 2. The van der Waals surface area contributed by atoms with E-state index in [2.05, 4.69) is 0 Å². The zero-order chi connectivity index (χ0) is 12.3. The molecule has 0 radical (unpaired) electrons. The monoisotopic (exact) mass is 233 g/mol. The van der Waals surface area contributed by atoms with Gasteiger partial charge in [-0.15, -0.1) is 0 Å². The Balaban J connectivity index is 2.28. The molecular weight excluding hydrogens is 218 g/mol. The fourth-order valence-corrected chi connectivity index (χ4v) is 2.06. The summed E-state index contributed by atoms with van der Waals surface area (Å²) in [4.78, 5) is 24.5. The number of benzene rings is 1. The van der Waals surface area contributed by atoms with E-state index < -0.39 is 5.97 Å². The second-order valence-electron chi connectivity index (χ2n) is 4.21. The fourth-order valence-electron chi connectivity index (χ4n) is 2.06. The minimum absolute atomic E-state index is 0.0880. The van der Waals surface area contributed by atoms with Gasteiger partial charge in [-0.2, -0.15) is 0 Å². The molecule has 1 aromatic carbocycles. The van der Waals surface area contributed by atoms with Gasteiger partial charge in [0.2, 0.25) is 5.91 Å². The number of rotatable bonds is 2. The van der Waals surface area contributed by atoms with E-state index in [1.165, 1.54) is 6.07 Å². The summed E-state index contributed by atoms with van der Waals surface area (Å²) in [6.07, 6.45) is 3.51. The predicted octanol–water partition coefficient (Wildman–Crippen LogP) is 2.29. The Kier molecular flexibility index (Phi) is 3.42. The molecule has 0 saturated carbocycles. The first-order chi connectivity index (χ1) is 8.18. The Hall–Kier alpha value is -1.84. The first-order valence-corrected chi connectivity index (χ1v) is 5.82. The van der Waals surface area contributed by atoms with Gasteiger partial charge in [0.05, 0.1) is 5.56 Å². The van der Waals surface area contributed by atoms with Gasteiger partial charge in [0.15, 0.2) is 0 Å². The van der Waals surface area contributed by atoms with Crippen molar-refractivity contribution in [1.82, 2.24) is 0 Å². The lowest BCUT2D eigenvalue weighted by Gasteiger charge is -2.20. The second kappa shape index (κ2) is 4.99. The van der Waals surface area contributed by atoms with Gasteiger partial charge in [-0.05, 0) is 31.0 Å². The standard InChI is InChI=1S/C13H15NO3/c15-12-7-2-1-3-8-14(12)11-6-4-5-10(9-11)13(16)17/h4-6,9H,1-3,7-8H2,(H,16,17). The largest absolute Gasteiger partial charge is 0.478 e. The van der Waals surface area contributed by atoms with Gasteiger partial charge in [0.25, 0.3) is 0 Å². The number of nitrogens with zero attached hydrogens (tertiary/aromatic N) is 1. The maximum absolute atomic E-state index is 11.9. The Morgan fingerprint density at radius 3 is 2.82 bits per heavy atom. The van der Waals surface area contributed by atoms with Crippen molar-refractivity contribution in [3.05, 3.63) is 29.8 Å². The highest BCUT2D eigenvalue weighted by atomic mass is 16.4. The van der Waals surface area contributed by atoms with E-state index in [1.54, 1.807) is 23.1 Å². The van der Waals surface area contributed by atoms with Crippen molar-refractivity contribution in [1.29, 1.82) is 0 Å². The number of amides is 1. The van der Waals surface area contributed by atoms with E-state index >= 15 is 0 Å². The second-order valence-corrected chi connectivity index (χ2v) is 4.21. The van der Waals surface area contributed by atoms with E-state index in [1.807, 2.05) is 0 Å². The van der Waals surface area contributed by atoms with Crippen LogP contribution in [0.15, 0.2) is 24.3 Å². The first kappa shape index (κ1) is 11.6. The summed E-state index contributed by atoms with van der Waals surface area (Å²) >= 11 is 0. The van der Waals surface area contributed by atoms with Crippen molar-refractivity contribution in [3.8, 4) is 0 Å². The number of carboxylic acids is 1. The normalized spacial score (nSPS) is 16.7. The Labute approximate surface area is 99.9 Å². The quantitative estimate of drug-likeness (QED) is 0.852. The Morgan fingerprint density at radius 1 is 1.24 bits per heavy atom. The van der Waals surface area contributed by atoms with Crippen molar-refractivity contribution in [3.63, 3.8) is 0 Å². The third kappa shape index (κ3) is 2.64. The molecule has 1 aromatic rings. The van der Waals surface area contributed by atoms with Gasteiger partial charge >= 0.3 is 5.97 Å². The van der Waals surface area contributed by atoms with Crippen LogP contribution in [0.3, 0.4) is 0 Å². The van der Waals surface area contributed by atoms with Gasteiger partial charge in [-0.3, -0.25) is 4.79 Å². The van der Waals surface area contributed by atoms with Crippen LogP contribution in [0.1, 0.15) is 36.0 Å². The zero-order valence-electron chi connectivity index (χ0n) is 9.56. The molecule has 4 nitrogen and oxygen atoms in total. The summed E-state index contributed by atoms with van der Waals surface area (Å²) in [5.41, 5.74) is 0.913. The molecule has 90 valence electrons. The number of anilines is 1. The molecule has 0 bridgehead atoms. The molecule has 1 aliphatic heterocycles. The summed E-state index contributed by atoms with van der Waals surface area (Å²) in [6, 6.07) is 6.56. The van der Waals surface area contributed by atoms with Crippen LogP contribution >= 0.6 is 0 Å². The third-order valence-corrected chi connectivity index (χ3v) is 2.98. The summed E-state index contributed by atoms with van der Waals surface area (Å²) in [5, 5.41) is 8.93. The van der Waals surface area contributed by atoms with E-state index in [0.29, 0.717) is 18.7 Å². The highest BCUT2D eigenvalue weighted by molar-refractivity contribution is 5.95. The third-order valence-electron chi connectivity index (χ3n) is 2.98. The Morgan fingerprint density at radius 2 is 2.06 bits per heavy atom. The van der Waals surface area contributed by atoms with Crippen LogP contribution in [0, 0.1) is 0 Å². The highest BCUT2D eigenvalue weighted by Gasteiger charge is 2.18. The molecule has 1 fully saturated rings. The molecule has 0 atom stereocenters. The average Bonchev–Trinajstić information content (AvgIpc) is 2.54. The smallest absolute Gasteiger partial charge is 0.335 e. The SMILES string of the molecule is O=C(O)c1cccc(N2CCCCCC2=O)c1. The van der Waals surface area contributed by atoms with Crippen molar-refractivity contribution in [2.45, 2.75) is 25.7 Å². The van der Waals surface area contributed by atoms with E-state index in [9.17, 15) is 9.59 Å². The Bertz CT molecular complexity index is 442. The minimum Gasteiger partial charge on any atom is -0.478 e. The molecule has 0 unspecified atom stereocenters. The van der Waals surface area contributed by atoms with Crippen LogP contribution in [0.25, 0.3) is 0 Å². The van der Waals surface area contributed by atoms with Crippen LogP contribution in [0.4, 0.5) is 5.69 Å². The maximum atomic E-state index is 11.9. The fraction of sp³-hybridized carbons (Fsp3) is 0.385. The lowest BCUT2D eigenvalue weighted by Crippen LogP contribution is -2.30. The molecule has 17 heavy (non-hydrogen) atoms. The molecule has 1 aliphatic rings. The molecule has 0 aromatic heterocycles. The number of carbonyl (C=O) groups excluding carboxylic acids is 1. The summed E-state index contributed by atoms with van der Waals surface area (Å²) in [5.74, 6) is -0.876. The van der Waals surface area contributed by atoms with Gasteiger partial charge in [0.1, 0.15) is 0 Å². The molecule has 1 saturated heterocycles. The molecule has 1 heterocycles. The minimum atomic E-state index is -0.964. The maximum Gasteiger partial charge on any atom is 0.335 e. The molecule has 1 amide bonds. The molecule has 0 spiro atoms. The molecule has 2 rings (SSSR count). The highest BCUT2D eigenvalue weighted by Crippen LogP contribution is 2.21.